The molecule has 0 unspecified atom stereocenters. The largest absolute Gasteiger partial charge is 0.497 e. The lowest BCUT2D eigenvalue weighted by atomic mass is 10.2. The van der Waals surface area contributed by atoms with E-state index in [1.54, 1.807) is 19.2 Å². The van der Waals surface area contributed by atoms with Crippen LogP contribution in [0, 0.1) is 0 Å². The Morgan fingerprint density at radius 1 is 1.33 bits per heavy atom. The molecule has 2 rings (SSSR count). The van der Waals surface area contributed by atoms with Gasteiger partial charge in [0.2, 0.25) is 5.43 Å². The number of hydrogen-bond acceptors (Lipinski definition) is 4. The van der Waals surface area contributed by atoms with Gasteiger partial charge in [-0.1, -0.05) is 0 Å². The van der Waals surface area contributed by atoms with E-state index in [2.05, 4.69) is 0 Å². The first-order valence-electron chi connectivity index (χ1n) is 4.96. The molecule has 0 saturated heterocycles. The molecular weight excluding hydrogens is 278 g/mol. The van der Waals surface area contributed by atoms with Crippen molar-refractivity contribution in [1.29, 1.82) is 0 Å². The first-order valence-corrected chi connectivity index (χ1v) is 7.27. The number of benzene rings is 1. The molecule has 0 aliphatic heterocycles. The molecule has 96 valence electrons. The van der Waals surface area contributed by atoms with E-state index in [-0.39, 0.29) is 5.39 Å². The fourth-order valence-electron chi connectivity index (χ4n) is 1.74. The molecule has 0 amide bonds. The maximum Gasteiger partial charge on any atom is 0.266 e. The van der Waals surface area contributed by atoms with Gasteiger partial charge in [0.25, 0.3) is 9.05 Å². The Balaban J connectivity index is 2.97. The van der Waals surface area contributed by atoms with E-state index in [9.17, 15) is 13.2 Å². The molecule has 1 aromatic carbocycles. The van der Waals surface area contributed by atoms with E-state index in [4.69, 9.17) is 15.4 Å². The van der Waals surface area contributed by atoms with Crippen molar-refractivity contribution in [1.82, 2.24) is 4.57 Å². The summed E-state index contributed by atoms with van der Waals surface area (Å²) in [7, 11) is 4.27. The minimum atomic E-state index is -4.07. The van der Waals surface area contributed by atoms with Crippen molar-refractivity contribution in [3.63, 3.8) is 0 Å². The highest BCUT2D eigenvalue weighted by Gasteiger charge is 2.18. The van der Waals surface area contributed by atoms with E-state index in [1.165, 1.54) is 23.9 Å². The third-order valence-corrected chi connectivity index (χ3v) is 3.94. The van der Waals surface area contributed by atoms with Crippen LogP contribution in [-0.2, 0) is 16.1 Å². The Morgan fingerprint density at radius 2 is 2.00 bits per heavy atom. The van der Waals surface area contributed by atoms with E-state index in [0.717, 1.165) is 0 Å². The number of ether oxygens (including phenoxy) is 1. The third-order valence-electron chi connectivity index (χ3n) is 2.63. The van der Waals surface area contributed by atoms with Crippen LogP contribution >= 0.6 is 10.7 Å². The van der Waals surface area contributed by atoms with Crippen LogP contribution in [0.4, 0.5) is 0 Å². The van der Waals surface area contributed by atoms with Crippen LogP contribution in [0.3, 0.4) is 0 Å². The van der Waals surface area contributed by atoms with Gasteiger partial charge in [0, 0.05) is 23.9 Å². The Labute approximate surface area is 108 Å². The molecule has 7 heteroatoms. The molecular formula is C11H10ClNO4S. The first kappa shape index (κ1) is 12.9. The second kappa shape index (κ2) is 4.29. The number of methoxy groups -OCH3 is 1. The topological polar surface area (TPSA) is 65.4 Å². The SMILES string of the molecule is COc1ccc2c(c1)c(=O)c(S(=O)(=O)Cl)cn2C. The monoisotopic (exact) mass is 287 g/mol. The Morgan fingerprint density at radius 3 is 2.56 bits per heavy atom. The summed E-state index contributed by atoms with van der Waals surface area (Å²) in [5.41, 5.74) is -0.0260. The Kier molecular flexibility index (Phi) is 3.08. The molecule has 0 radical (unpaired) electrons. The van der Waals surface area contributed by atoms with Crippen molar-refractivity contribution in [2.75, 3.05) is 7.11 Å². The summed E-state index contributed by atoms with van der Waals surface area (Å²) in [4.78, 5) is 11.6. The van der Waals surface area contributed by atoms with Gasteiger partial charge < -0.3 is 9.30 Å². The predicted molar refractivity (Wildman–Crippen MR) is 68.8 cm³/mol. The Hall–Kier alpha value is -1.53. The van der Waals surface area contributed by atoms with Gasteiger partial charge in [0.15, 0.2) is 0 Å². The predicted octanol–water partition coefficient (Wildman–Crippen LogP) is 1.47. The number of hydrogen-bond donors (Lipinski definition) is 0. The van der Waals surface area contributed by atoms with E-state index in [0.29, 0.717) is 11.3 Å². The van der Waals surface area contributed by atoms with Gasteiger partial charge in [-0.3, -0.25) is 4.79 Å². The summed E-state index contributed by atoms with van der Waals surface area (Å²) in [5, 5.41) is 0.249. The van der Waals surface area contributed by atoms with Crippen molar-refractivity contribution in [3.05, 3.63) is 34.6 Å². The van der Waals surface area contributed by atoms with E-state index < -0.39 is 19.4 Å². The average Bonchev–Trinajstić information content (AvgIpc) is 2.31. The number of aromatic nitrogens is 1. The average molecular weight is 288 g/mol. The zero-order valence-corrected chi connectivity index (χ0v) is 11.2. The fourth-order valence-corrected chi connectivity index (χ4v) is 2.69. The van der Waals surface area contributed by atoms with Crippen LogP contribution in [0.5, 0.6) is 5.75 Å². The highest BCUT2D eigenvalue weighted by molar-refractivity contribution is 8.13. The van der Waals surface area contributed by atoms with Crippen LogP contribution in [0.2, 0.25) is 0 Å². The van der Waals surface area contributed by atoms with Crippen LogP contribution in [0.1, 0.15) is 0 Å². The van der Waals surface area contributed by atoms with Crippen LogP contribution in [-0.4, -0.2) is 20.1 Å². The van der Waals surface area contributed by atoms with Gasteiger partial charge in [0.05, 0.1) is 18.0 Å². The number of rotatable bonds is 2. The van der Waals surface area contributed by atoms with Gasteiger partial charge in [0.1, 0.15) is 10.6 Å². The van der Waals surface area contributed by atoms with Gasteiger partial charge >= 0.3 is 0 Å². The maximum absolute atomic E-state index is 12.1. The highest BCUT2D eigenvalue weighted by atomic mass is 35.7. The minimum Gasteiger partial charge on any atom is -0.497 e. The molecule has 0 aliphatic rings. The molecule has 0 atom stereocenters. The van der Waals surface area contributed by atoms with E-state index in [1.807, 2.05) is 0 Å². The zero-order chi connectivity index (χ0) is 13.5. The molecule has 0 saturated carbocycles. The van der Waals surface area contributed by atoms with Gasteiger partial charge in [-0.2, -0.15) is 0 Å². The van der Waals surface area contributed by atoms with Crippen molar-refractivity contribution in [3.8, 4) is 5.75 Å². The molecule has 1 aromatic heterocycles. The first-order chi connectivity index (χ1) is 8.34. The lowest BCUT2D eigenvalue weighted by molar-refractivity contribution is 0.415. The van der Waals surface area contributed by atoms with Crippen molar-refractivity contribution < 1.29 is 13.2 Å². The molecule has 0 spiro atoms. The standard InChI is InChI=1S/C11H10ClNO4S/c1-13-6-10(18(12,15)16)11(14)8-5-7(17-2)3-4-9(8)13/h3-6H,1-2H3. The Bertz CT molecular complexity index is 779. The summed E-state index contributed by atoms with van der Waals surface area (Å²) in [6.45, 7) is 0. The van der Waals surface area contributed by atoms with Gasteiger partial charge in [-0.25, -0.2) is 8.42 Å². The lowest BCUT2D eigenvalue weighted by Crippen LogP contribution is -2.15. The molecule has 0 fully saturated rings. The summed E-state index contributed by atoms with van der Waals surface area (Å²) >= 11 is 0. The summed E-state index contributed by atoms with van der Waals surface area (Å²) in [6, 6.07) is 4.86. The molecule has 1 heterocycles. The van der Waals surface area contributed by atoms with Crippen molar-refractivity contribution in [2.45, 2.75) is 4.90 Å². The molecule has 2 aromatic rings. The summed E-state index contributed by atoms with van der Waals surface area (Å²) in [6.07, 6.45) is 1.21. The second-order valence-corrected chi connectivity index (χ2v) is 6.29. The van der Waals surface area contributed by atoms with Crippen molar-refractivity contribution in [2.24, 2.45) is 7.05 Å². The van der Waals surface area contributed by atoms with Gasteiger partial charge in [-0.15, -0.1) is 0 Å². The number of halogens is 1. The van der Waals surface area contributed by atoms with Gasteiger partial charge in [-0.05, 0) is 18.2 Å². The number of nitrogens with zero attached hydrogens (tertiary/aromatic N) is 1. The molecule has 0 bridgehead atoms. The highest BCUT2D eigenvalue weighted by Crippen LogP contribution is 2.20. The second-order valence-electron chi connectivity index (χ2n) is 3.75. The number of pyridine rings is 1. The fraction of sp³-hybridized carbons (Fsp3) is 0.182. The molecule has 18 heavy (non-hydrogen) atoms. The van der Waals surface area contributed by atoms with Crippen LogP contribution in [0.25, 0.3) is 10.9 Å². The smallest absolute Gasteiger partial charge is 0.266 e. The van der Waals surface area contributed by atoms with Crippen molar-refractivity contribution >= 4 is 30.6 Å². The molecule has 0 aliphatic carbocycles. The lowest BCUT2D eigenvalue weighted by Gasteiger charge is -2.08. The molecule has 0 N–H and O–H groups in total. The molecule has 5 nitrogen and oxygen atoms in total. The number of fused-ring (bicyclic) bond motifs is 1. The minimum absolute atomic E-state index is 0.249. The summed E-state index contributed by atoms with van der Waals surface area (Å²) < 4.78 is 29.2. The normalized spacial score (nSPS) is 11.7. The summed E-state index contributed by atoms with van der Waals surface area (Å²) in [5.74, 6) is 0.476. The number of aryl methyl sites for hydroxylation is 1. The quantitative estimate of drug-likeness (QED) is 0.785. The third kappa shape index (κ3) is 2.09. The zero-order valence-electron chi connectivity index (χ0n) is 9.68. The maximum atomic E-state index is 12.1. The van der Waals surface area contributed by atoms with Crippen LogP contribution in [0.15, 0.2) is 34.1 Å². The van der Waals surface area contributed by atoms with E-state index >= 15 is 0 Å². The van der Waals surface area contributed by atoms with Crippen LogP contribution < -0.4 is 10.2 Å².